The van der Waals surface area contributed by atoms with Crippen LogP contribution in [0.3, 0.4) is 0 Å². The highest BCUT2D eigenvalue weighted by Crippen LogP contribution is 2.52. The van der Waals surface area contributed by atoms with Crippen LogP contribution in [0.15, 0.2) is 71.7 Å². The van der Waals surface area contributed by atoms with Gasteiger partial charge in [-0.25, -0.2) is 9.07 Å². The molecule has 3 atom stereocenters. The van der Waals surface area contributed by atoms with Crippen LogP contribution in [0.4, 0.5) is 4.39 Å². The zero-order valence-electron chi connectivity index (χ0n) is 21.4. The van der Waals surface area contributed by atoms with Crippen molar-refractivity contribution in [2.75, 3.05) is 5.75 Å². The number of aromatic nitrogens is 5. The van der Waals surface area contributed by atoms with Gasteiger partial charge in [0, 0.05) is 39.7 Å². The van der Waals surface area contributed by atoms with Crippen molar-refractivity contribution in [2.45, 2.75) is 30.7 Å². The summed E-state index contributed by atoms with van der Waals surface area (Å²) in [6.45, 7) is 0. The van der Waals surface area contributed by atoms with Gasteiger partial charge in [0.15, 0.2) is 5.78 Å². The van der Waals surface area contributed by atoms with Crippen molar-refractivity contribution in [1.82, 2.24) is 24.5 Å². The van der Waals surface area contributed by atoms with Crippen LogP contribution in [0.2, 0.25) is 5.02 Å². The normalized spacial score (nSPS) is 21.9. The molecular weight excluding hydrogens is 537 g/mol. The van der Waals surface area contributed by atoms with E-state index in [1.165, 1.54) is 12.1 Å². The van der Waals surface area contributed by atoms with Crippen molar-refractivity contribution in [2.24, 2.45) is 18.4 Å². The third-order valence-corrected chi connectivity index (χ3v) is 10.0. The Hall–Kier alpha value is -3.56. The van der Waals surface area contributed by atoms with Crippen LogP contribution >= 0.6 is 11.6 Å². The maximum absolute atomic E-state index is 14.3. The molecule has 0 bridgehead atoms. The van der Waals surface area contributed by atoms with Gasteiger partial charge in [-0.05, 0) is 91.6 Å². The second-order valence-corrected chi connectivity index (χ2v) is 13.3. The average Bonchev–Trinajstić information content (AvgIpc) is 3.53. The molecule has 2 aliphatic carbocycles. The first-order chi connectivity index (χ1) is 18.6. The number of rotatable bonds is 6. The summed E-state index contributed by atoms with van der Waals surface area (Å²) in [5.41, 5.74) is 2.97. The second kappa shape index (κ2) is 9.57. The lowest BCUT2D eigenvalue weighted by Crippen LogP contribution is -2.43. The van der Waals surface area contributed by atoms with Crippen LogP contribution < -0.4 is 0 Å². The molecule has 10 heteroatoms. The number of pyridine rings is 1. The summed E-state index contributed by atoms with van der Waals surface area (Å²) < 4.78 is 30.6. The number of aryl methyl sites for hydroxylation is 1. The van der Waals surface area contributed by atoms with Gasteiger partial charge in [-0.3, -0.25) is 18.7 Å². The lowest BCUT2D eigenvalue weighted by atomic mass is 9.59. The van der Waals surface area contributed by atoms with Gasteiger partial charge in [0.25, 0.3) is 0 Å². The van der Waals surface area contributed by atoms with E-state index in [1.807, 2.05) is 6.08 Å². The molecule has 0 spiro atoms. The highest BCUT2D eigenvalue weighted by atomic mass is 35.5. The molecule has 0 saturated heterocycles. The van der Waals surface area contributed by atoms with E-state index in [1.54, 1.807) is 65.3 Å². The van der Waals surface area contributed by atoms with Crippen LogP contribution in [-0.2, 0) is 23.0 Å². The Balaban J connectivity index is 1.40. The van der Waals surface area contributed by atoms with Crippen molar-refractivity contribution in [3.63, 3.8) is 0 Å². The summed E-state index contributed by atoms with van der Waals surface area (Å²) in [7, 11) is -0.857. The van der Waals surface area contributed by atoms with Gasteiger partial charge in [0.1, 0.15) is 16.5 Å². The van der Waals surface area contributed by atoms with Gasteiger partial charge in [-0.1, -0.05) is 17.2 Å². The van der Waals surface area contributed by atoms with Gasteiger partial charge in [0.2, 0.25) is 0 Å². The molecule has 2 unspecified atom stereocenters. The van der Waals surface area contributed by atoms with Crippen molar-refractivity contribution in [1.29, 1.82) is 0 Å². The summed E-state index contributed by atoms with van der Waals surface area (Å²) in [4.78, 5) is 18.7. The molecule has 7 nitrogen and oxygen atoms in total. The molecule has 1 fully saturated rings. The van der Waals surface area contributed by atoms with Crippen molar-refractivity contribution in [3.8, 4) is 5.69 Å². The fraction of sp³-hybridized carbons (Fsp3) is 0.276. The number of carbonyl (C=O) groups is 1. The molecular formula is C29H27ClFN5O2S. The number of ketones is 1. The van der Waals surface area contributed by atoms with Crippen molar-refractivity contribution < 1.29 is 13.4 Å². The predicted octanol–water partition coefficient (Wildman–Crippen LogP) is 5.18. The molecule has 0 aliphatic heterocycles. The summed E-state index contributed by atoms with van der Waals surface area (Å²) in [5.74, 6) is 3.97. The number of nitrogens with zero attached hydrogens (tertiary/aromatic N) is 5. The van der Waals surface area contributed by atoms with E-state index in [4.69, 9.17) is 11.6 Å². The van der Waals surface area contributed by atoms with Gasteiger partial charge in [-0.15, -0.1) is 0 Å². The molecule has 3 aromatic heterocycles. The van der Waals surface area contributed by atoms with Crippen LogP contribution in [0.1, 0.15) is 41.0 Å². The van der Waals surface area contributed by atoms with Crippen LogP contribution in [0, 0.1) is 17.2 Å². The minimum absolute atomic E-state index is 0.00835. The summed E-state index contributed by atoms with van der Waals surface area (Å²) >= 11 is 6.25. The quantitative estimate of drug-likeness (QED) is 0.238. The Kier molecular flexibility index (Phi) is 6.31. The number of Topliss-reactive ketones (excluding diaryl/α,β-unsaturated/α-hetero) is 1. The van der Waals surface area contributed by atoms with E-state index in [0.29, 0.717) is 40.8 Å². The fourth-order valence-corrected chi connectivity index (χ4v) is 7.94. The van der Waals surface area contributed by atoms with E-state index in [2.05, 4.69) is 21.1 Å². The summed E-state index contributed by atoms with van der Waals surface area (Å²) in [6, 6.07) is 11.2. The lowest BCUT2D eigenvalue weighted by molar-refractivity contribution is 0.0763. The monoisotopic (exact) mass is 563 g/mol. The molecule has 1 saturated carbocycles. The van der Waals surface area contributed by atoms with Crippen molar-refractivity contribution >= 4 is 38.9 Å². The number of carbonyl (C=O) groups excluding carboxylic acids is 1. The Morgan fingerprint density at radius 2 is 2.05 bits per heavy atom. The predicted molar refractivity (Wildman–Crippen MR) is 150 cm³/mol. The molecule has 200 valence electrons. The topological polar surface area (TPSA) is 82.7 Å². The smallest absolute Gasteiger partial charge is 0.191 e. The minimum Gasteiger partial charge on any atom is -0.291 e. The highest BCUT2D eigenvalue weighted by Gasteiger charge is 2.49. The Morgan fingerprint density at radius 1 is 1.26 bits per heavy atom. The van der Waals surface area contributed by atoms with E-state index >= 15 is 0 Å². The molecule has 39 heavy (non-hydrogen) atoms. The average molecular weight is 564 g/mol. The standard InChI is InChI=1S/C29H27ClFN5O2S/c1-35-12-10-27(34-35)39(2,38)18-19-3-4-21-13-26-20(17-33-36(26)24-7-5-23(31)6-8-24)16-29(21,15-19)28(37)25-14-22(30)9-11-32-25/h5-14,17,19H,2-4,15-16,18H2,1H3/t19?,29-,39?/m1/s1. The van der Waals surface area contributed by atoms with Gasteiger partial charge < -0.3 is 0 Å². The molecule has 2 aliphatic rings. The number of allylic oxidation sites excluding steroid dienone is 1. The maximum atomic E-state index is 14.3. The Labute approximate surface area is 231 Å². The summed E-state index contributed by atoms with van der Waals surface area (Å²) in [6.07, 6.45) is 9.49. The molecule has 0 amide bonds. The lowest BCUT2D eigenvalue weighted by Gasteiger charge is -2.44. The van der Waals surface area contributed by atoms with Crippen LogP contribution in [0.25, 0.3) is 11.8 Å². The third-order valence-electron chi connectivity index (χ3n) is 7.80. The van der Waals surface area contributed by atoms with Crippen LogP contribution in [0.5, 0.6) is 0 Å². The Morgan fingerprint density at radius 3 is 2.77 bits per heavy atom. The molecule has 1 aromatic carbocycles. The van der Waals surface area contributed by atoms with Crippen molar-refractivity contribution in [3.05, 3.63) is 94.4 Å². The van der Waals surface area contributed by atoms with E-state index in [-0.39, 0.29) is 17.5 Å². The zero-order chi connectivity index (χ0) is 27.4. The zero-order valence-corrected chi connectivity index (χ0v) is 23.0. The van der Waals surface area contributed by atoms with Gasteiger partial charge >= 0.3 is 0 Å². The van der Waals surface area contributed by atoms with Gasteiger partial charge in [0.05, 0.1) is 23.0 Å². The molecule has 0 N–H and O–H groups in total. The Bertz CT molecular complexity index is 1720. The number of halogens is 2. The third kappa shape index (κ3) is 4.63. The number of benzene rings is 1. The first-order valence-electron chi connectivity index (χ1n) is 12.7. The fourth-order valence-electron chi connectivity index (χ4n) is 5.97. The van der Waals surface area contributed by atoms with Crippen LogP contribution in [-0.4, -0.2) is 46.2 Å². The first-order valence-corrected chi connectivity index (χ1v) is 15.0. The second-order valence-electron chi connectivity index (χ2n) is 10.5. The largest absolute Gasteiger partial charge is 0.291 e. The van der Waals surface area contributed by atoms with Gasteiger partial charge in [-0.2, -0.15) is 10.2 Å². The maximum Gasteiger partial charge on any atom is 0.191 e. The number of hydrogen-bond acceptors (Lipinski definition) is 5. The molecule has 4 aromatic rings. The van der Waals surface area contributed by atoms with E-state index in [9.17, 15) is 13.4 Å². The molecule has 6 rings (SSSR count). The number of fused-ring (bicyclic) bond motifs is 2. The first kappa shape index (κ1) is 25.7. The number of hydrogen-bond donors (Lipinski definition) is 0. The minimum atomic E-state index is -2.64. The molecule has 0 radical (unpaired) electrons. The van der Waals surface area contributed by atoms with E-state index in [0.717, 1.165) is 28.9 Å². The molecule has 3 heterocycles. The SMILES string of the molecule is C=S(=O)(CC1CCC2=Cc3c(cnn3-c3ccc(F)cc3)C[C@]2(C(=O)c2cc(Cl)ccn2)C1)c1ccn(C)n1. The highest BCUT2D eigenvalue weighted by molar-refractivity contribution is 8.00. The van der Waals surface area contributed by atoms with E-state index < -0.39 is 14.9 Å². The summed E-state index contributed by atoms with van der Waals surface area (Å²) in [5, 5.41) is 9.86.